The topological polar surface area (TPSA) is 180 Å². The molecule has 1 heterocycles. The lowest BCUT2D eigenvalue weighted by atomic mass is 9.99. The predicted molar refractivity (Wildman–Crippen MR) is 64.8 cm³/mol. The summed E-state index contributed by atoms with van der Waals surface area (Å²) in [5.41, 5.74) is 0. The number of aliphatic hydroxyl groups is 8. The summed E-state index contributed by atoms with van der Waals surface area (Å²) in [6, 6.07) is 0. The monoisotopic (exact) mass is 314 g/mol. The van der Waals surface area contributed by atoms with Gasteiger partial charge in [0.05, 0.1) is 19.8 Å². The fourth-order valence-electron chi connectivity index (χ4n) is 1.86. The van der Waals surface area contributed by atoms with Crippen molar-refractivity contribution in [3.63, 3.8) is 0 Å². The lowest BCUT2D eigenvalue weighted by Gasteiger charge is -2.40. The molecule has 1 rings (SSSR count). The zero-order valence-corrected chi connectivity index (χ0v) is 11.1. The molecule has 21 heavy (non-hydrogen) atoms. The average Bonchev–Trinajstić information content (AvgIpc) is 2.50. The predicted octanol–water partition coefficient (Wildman–Crippen LogP) is -5.12. The molecule has 0 amide bonds. The van der Waals surface area contributed by atoms with E-state index in [1.165, 1.54) is 0 Å². The fourth-order valence-corrected chi connectivity index (χ4v) is 1.86. The van der Waals surface area contributed by atoms with Crippen LogP contribution in [0.15, 0.2) is 0 Å². The Morgan fingerprint density at radius 1 is 0.905 bits per heavy atom. The molecular formula is C11H22O10. The third kappa shape index (κ3) is 4.53. The van der Waals surface area contributed by atoms with Crippen LogP contribution in [-0.2, 0) is 9.47 Å². The van der Waals surface area contributed by atoms with Crippen LogP contribution in [-0.4, -0.2) is 110 Å². The summed E-state index contributed by atoms with van der Waals surface area (Å²) in [6.07, 6.45) is -12.2. The second-order valence-corrected chi connectivity index (χ2v) is 4.84. The Bertz CT molecular complexity index is 301. The number of hydrogen-bond donors (Lipinski definition) is 8. The standard InChI is InChI=1S/C11H22O10/c12-1-4(14)7(16)5(15)3-20-11-10(19)9(18)8(17)6(2-13)21-11/h4-19H,1-3H2/t4?,5?,6-,7?,8-,9+,10-,11+/m1/s1. The first-order valence-corrected chi connectivity index (χ1v) is 6.40. The zero-order chi connectivity index (χ0) is 16.2. The van der Waals surface area contributed by atoms with E-state index >= 15 is 0 Å². The Kier molecular flexibility index (Phi) is 7.36. The fraction of sp³-hybridized carbons (Fsp3) is 1.00. The van der Waals surface area contributed by atoms with Gasteiger partial charge in [-0.15, -0.1) is 0 Å². The van der Waals surface area contributed by atoms with Gasteiger partial charge in [0.2, 0.25) is 0 Å². The lowest BCUT2D eigenvalue weighted by molar-refractivity contribution is -0.306. The van der Waals surface area contributed by atoms with Crippen molar-refractivity contribution in [3.05, 3.63) is 0 Å². The molecule has 1 saturated heterocycles. The van der Waals surface area contributed by atoms with Crippen LogP contribution < -0.4 is 0 Å². The van der Waals surface area contributed by atoms with Crippen molar-refractivity contribution in [2.75, 3.05) is 19.8 Å². The average molecular weight is 314 g/mol. The van der Waals surface area contributed by atoms with Crippen LogP contribution in [0.5, 0.6) is 0 Å². The maximum atomic E-state index is 9.65. The van der Waals surface area contributed by atoms with Crippen molar-refractivity contribution in [3.8, 4) is 0 Å². The van der Waals surface area contributed by atoms with Gasteiger partial charge in [0.25, 0.3) is 0 Å². The van der Waals surface area contributed by atoms with E-state index < -0.39 is 68.8 Å². The maximum absolute atomic E-state index is 9.65. The highest BCUT2D eigenvalue weighted by molar-refractivity contribution is 4.89. The van der Waals surface area contributed by atoms with Crippen LogP contribution in [0.1, 0.15) is 0 Å². The number of hydrogen-bond acceptors (Lipinski definition) is 10. The maximum Gasteiger partial charge on any atom is 0.186 e. The minimum absolute atomic E-state index is 0.582. The molecule has 0 spiro atoms. The van der Waals surface area contributed by atoms with E-state index in [0.717, 1.165) is 0 Å². The number of rotatable bonds is 7. The van der Waals surface area contributed by atoms with Crippen molar-refractivity contribution in [2.45, 2.75) is 49.0 Å². The van der Waals surface area contributed by atoms with Gasteiger partial charge in [0, 0.05) is 0 Å². The van der Waals surface area contributed by atoms with E-state index in [1.54, 1.807) is 0 Å². The van der Waals surface area contributed by atoms with Gasteiger partial charge < -0.3 is 50.3 Å². The molecule has 0 aromatic carbocycles. The zero-order valence-electron chi connectivity index (χ0n) is 11.1. The largest absolute Gasteiger partial charge is 0.394 e. The first-order valence-electron chi connectivity index (χ1n) is 6.40. The second-order valence-electron chi connectivity index (χ2n) is 4.84. The first kappa shape index (κ1) is 18.6. The van der Waals surface area contributed by atoms with E-state index in [0.29, 0.717) is 0 Å². The molecule has 0 aromatic rings. The lowest BCUT2D eigenvalue weighted by Crippen LogP contribution is -2.59. The smallest absolute Gasteiger partial charge is 0.186 e. The van der Waals surface area contributed by atoms with Crippen molar-refractivity contribution in [2.24, 2.45) is 0 Å². The van der Waals surface area contributed by atoms with E-state index in [9.17, 15) is 25.5 Å². The molecule has 0 aliphatic carbocycles. The van der Waals surface area contributed by atoms with Gasteiger partial charge in [-0.25, -0.2) is 0 Å². The Hall–Kier alpha value is -0.400. The van der Waals surface area contributed by atoms with Gasteiger partial charge in [-0.05, 0) is 0 Å². The molecule has 1 fully saturated rings. The Morgan fingerprint density at radius 3 is 2.05 bits per heavy atom. The molecule has 0 aromatic heterocycles. The summed E-state index contributed by atoms with van der Waals surface area (Å²) in [7, 11) is 0. The Labute approximate surface area is 120 Å². The molecular weight excluding hydrogens is 292 g/mol. The van der Waals surface area contributed by atoms with E-state index in [-0.39, 0.29) is 0 Å². The molecule has 1 aliphatic rings. The minimum atomic E-state index is -1.68. The van der Waals surface area contributed by atoms with Crippen molar-refractivity contribution < 1.29 is 50.3 Å². The molecule has 0 bridgehead atoms. The van der Waals surface area contributed by atoms with Gasteiger partial charge in [-0.3, -0.25) is 0 Å². The summed E-state index contributed by atoms with van der Waals surface area (Å²) in [6.45, 7) is -1.97. The van der Waals surface area contributed by atoms with E-state index in [4.69, 9.17) is 24.8 Å². The van der Waals surface area contributed by atoms with Crippen LogP contribution >= 0.6 is 0 Å². The van der Waals surface area contributed by atoms with Gasteiger partial charge >= 0.3 is 0 Å². The molecule has 0 saturated carbocycles. The molecule has 10 nitrogen and oxygen atoms in total. The van der Waals surface area contributed by atoms with Crippen molar-refractivity contribution >= 4 is 0 Å². The summed E-state index contributed by atoms with van der Waals surface area (Å²) in [5, 5.41) is 74.4. The first-order chi connectivity index (χ1) is 9.83. The summed E-state index contributed by atoms with van der Waals surface area (Å²) in [5.74, 6) is 0. The molecule has 0 radical (unpaired) electrons. The van der Waals surface area contributed by atoms with Gasteiger partial charge in [-0.1, -0.05) is 0 Å². The van der Waals surface area contributed by atoms with Crippen LogP contribution in [0.25, 0.3) is 0 Å². The Morgan fingerprint density at radius 2 is 1.52 bits per heavy atom. The molecule has 8 atom stereocenters. The highest BCUT2D eigenvalue weighted by Crippen LogP contribution is 2.22. The third-order valence-corrected chi connectivity index (χ3v) is 3.26. The van der Waals surface area contributed by atoms with Crippen molar-refractivity contribution in [1.82, 2.24) is 0 Å². The second kappa shape index (κ2) is 8.29. The Balaban J connectivity index is 2.53. The molecule has 3 unspecified atom stereocenters. The summed E-state index contributed by atoms with van der Waals surface area (Å²) in [4.78, 5) is 0. The van der Waals surface area contributed by atoms with E-state index in [2.05, 4.69) is 0 Å². The van der Waals surface area contributed by atoms with Crippen LogP contribution in [0.2, 0.25) is 0 Å². The number of ether oxygens (including phenoxy) is 2. The SMILES string of the molecule is OCC(O)C(O)C(O)CO[C@H]1O[C@H](CO)[C@@H](O)[C@H](O)[C@H]1O. The molecule has 126 valence electrons. The molecule has 10 heteroatoms. The molecule has 1 aliphatic heterocycles. The highest BCUT2D eigenvalue weighted by atomic mass is 16.7. The van der Waals surface area contributed by atoms with Gasteiger partial charge in [0.1, 0.15) is 42.7 Å². The van der Waals surface area contributed by atoms with E-state index in [1.807, 2.05) is 0 Å². The quantitative estimate of drug-likeness (QED) is 0.226. The normalized spacial score (nSPS) is 38.0. The highest BCUT2D eigenvalue weighted by Gasteiger charge is 2.44. The molecule has 8 N–H and O–H groups in total. The van der Waals surface area contributed by atoms with Crippen LogP contribution in [0, 0.1) is 0 Å². The van der Waals surface area contributed by atoms with Crippen LogP contribution in [0.4, 0.5) is 0 Å². The van der Waals surface area contributed by atoms with Gasteiger partial charge in [-0.2, -0.15) is 0 Å². The summed E-state index contributed by atoms with van der Waals surface area (Å²) >= 11 is 0. The summed E-state index contributed by atoms with van der Waals surface area (Å²) < 4.78 is 9.98. The van der Waals surface area contributed by atoms with Crippen LogP contribution in [0.3, 0.4) is 0 Å². The third-order valence-electron chi connectivity index (χ3n) is 3.26. The minimum Gasteiger partial charge on any atom is -0.394 e. The van der Waals surface area contributed by atoms with Crippen molar-refractivity contribution in [1.29, 1.82) is 0 Å². The van der Waals surface area contributed by atoms with Gasteiger partial charge in [0.15, 0.2) is 6.29 Å². The number of aliphatic hydroxyl groups excluding tert-OH is 8.